The zero-order valence-electron chi connectivity index (χ0n) is 10.7. The van der Waals surface area contributed by atoms with Crippen LogP contribution in [0.5, 0.6) is 11.5 Å². The fourth-order valence-electron chi connectivity index (χ4n) is 1.92. The lowest BCUT2D eigenvalue weighted by atomic mass is 10.1. The molecule has 0 fully saturated rings. The highest BCUT2D eigenvalue weighted by Gasteiger charge is 2.10. The van der Waals surface area contributed by atoms with E-state index in [2.05, 4.69) is 0 Å². The Morgan fingerprint density at radius 3 is 2.63 bits per heavy atom. The molecule has 0 saturated carbocycles. The molecule has 5 nitrogen and oxygen atoms in total. The molecule has 0 saturated heterocycles. The highest BCUT2D eigenvalue weighted by atomic mass is 32.1. The van der Waals surface area contributed by atoms with Gasteiger partial charge in [0.1, 0.15) is 11.5 Å². The first-order chi connectivity index (χ1) is 9.06. The monoisotopic (exact) mass is 278 g/mol. The van der Waals surface area contributed by atoms with Gasteiger partial charge < -0.3 is 19.8 Å². The average Bonchev–Trinajstić information content (AvgIpc) is 2.40. The number of benzene rings is 1. The molecule has 6 heteroatoms. The third-order valence-electron chi connectivity index (χ3n) is 2.81. The average molecular weight is 278 g/mol. The third-order valence-corrected chi connectivity index (χ3v) is 2.94. The van der Waals surface area contributed by atoms with Gasteiger partial charge in [-0.2, -0.15) is 0 Å². The SMILES string of the molecule is COc1cc(OC)c2ccn(CC(N)=S)c(=O)c2c1. The molecule has 0 aliphatic rings. The van der Waals surface area contributed by atoms with E-state index in [0.717, 1.165) is 5.39 Å². The number of ether oxygens (including phenoxy) is 2. The molecule has 0 unspecified atom stereocenters. The number of methoxy groups -OCH3 is 2. The molecule has 0 amide bonds. The molecule has 1 heterocycles. The lowest BCUT2D eigenvalue weighted by Gasteiger charge is -2.10. The summed E-state index contributed by atoms with van der Waals surface area (Å²) in [6, 6.07) is 5.21. The van der Waals surface area contributed by atoms with E-state index in [4.69, 9.17) is 27.4 Å². The zero-order chi connectivity index (χ0) is 14.0. The Labute approximate surface area is 115 Å². The van der Waals surface area contributed by atoms with E-state index in [1.54, 1.807) is 31.5 Å². The Kier molecular flexibility index (Phi) is 3.71. The maximum Gasteiger partial charge on any atom is 0.259 e. The van der Waals surface area contributed by atoms with Crippen molar-refractivity contribution in [3.05, 3.63) is 34.7 Å². The fourth-order valence-corrected chi connectivity index (χ4v) is 2.06. The van der Waals surface area contributed by atoms with Crippen LogP contribution in [0.25, 0.3) is 10.8 Å². The van der Waals surface area contributed by atoms with Crippen molar-refractivity contribution in [1.82, 2.24) is 4.57 Å². The van der Waals surface area contributed by atoms with Gasteiger partial charge >= 0.3 is 0 Å². The van der Waals surface area contributed by atoms with Gasteiger partial charge in [0.05, 0.1) is 31.1 Å². The lowest BCUT2D eigenvalue weighted by molar-refractivity contribution is 0.398. The van der Waals surface area contributed by atoms with Crippen molar-refractivity contribution in [1.29, 1.82) is 0 Å². The van der Waals surface area contributed by atoms with Crippen LogP contribution in [0.1, 0.15) is 0 Å². The van der Waals surface area contributed by atoms with Gasteiger partial charge in [0, 0.05) is 17.6 Å². The van der Waals surface area contributed by atoms with E-state index in [9.17, 15) is 4.79 Å². The van der Waals surface area contributed by atoms with Crippen LogP contribution in [0.4, 0.5) is 0 Å². The molecule has 0 atom stereocenters. The van der Waals surface area contributed by atoms with Gasteiger partial charge in [-0.1, -0.05) is 12.2 Å². The number of hydrogen-bond donors (Lipinski definition) is 1. The molecular weight excluding hydrogens is 264 g/mol. The topological polar surface area (TPSA) is 66.5 Å². The van der Waals surface area contributed by atoms with Gasteiger partial charge in [-0.15, -0.1) is 0 Å². The smallest absolute Gasteiger partial charge is 0.259 e. The number of nitrogens with two attached hydrogens (primary N) is 1. The van der Waals surface area contributed by atoms with Gasteiger partial charge in [0.2, 0.25) is 0 Å². The minimum absolute atomic E-state index is 0.178. The van der Waals surface area contributed by atoms with Gasteiger partial charge in [0.25, 0.3) is 5.56 Å². The summed E-state index contributed by atoms with van der Waals surface area (Å²) in [5.74, 6) is 1.16. The van der Waals surface area contributed by atoms with Crippen molar-refractivity contribution in [3.8, 4) is 11.5 Å². The fraction of sp³-hybridized carbons (Fsp3) is 0.231. The highest BCUT2D eigenvalue weighted by molar-refractivity contribution is 7.80. The molecule has 0 aliphatic heterocycles. The predicted molar refractivity (Wildman–Crippen MR) is 78.1 cm³/mol. The second kappa shape index (κ2) is 5.27. The molecule has 0 aliphatic carbocycles. The third kappa shape index (κ3) is 2.53. The molecule has 0 spiro atoms. The summed E-state index contributed by atoms with van der Waals surface area (Å²) >= 11 is 4.83. The normalized spacial score (nSPS) is 10.4. The van der Waals surface area contributed by atoms with Crippen LogP contribution in [0.2, 0.25) is 0 Å². The summed E-state index contributed by atoms with van der Waals surface area (Å²) in [7, 11) is 3.09. The quantitative estimate of drug-likeness (QED) is 0.854. The molecule has 2 aromatic rings. The minimum atomic E-state index is -0.178. The highest BCUT2D eigenvalue weighted by Crippen LogP contribution is 2.28. The molecule has 1 aromatic carbocycles. The standard InChI is InChI=1S/C13H14N2O3S/c1-17-8-5-10-9(11(6-8)18-2)3-4-15(13(10)16)7-12(14)19/h3-6H,7H2,1-2H3,(H2,14,19). The number of nitrogens with zero attached hydrogens (tertiary/aromatic N) is 1. The summed E-state index contributed by atoms with van der Waals surface area (Å²) < 4.78 is 11.9. The van der Waals surface area contributed by atoms with Crippen LogP contribution in [0, 0.1) is 0 Å². The van der Waals surface area contributed by atoms with Crippen molar-refractivity contribution < 1.29 is 9.47 Å². The minimum Gasteiger partial charge on any atom is -0.497 e. The van der Waals surface area contributed by atoms with Gasteiger partial charge in [-0.3, -0.25) is 4.79 Å². The number of hydrogen-bond acceptors (Lipinski definition) is 4. The summed E-state index contributed by atoms with van der Waals surface area (Å²) in [6.45, 7) is 0.212. The van der Waals surface area contributed by atoms with E-state index in [1.165, 1.54) is 11.7 Å². The van der Waals surface area contributed by atoms with E-state index >= 15 is 0 Å². The van der Waals surface area contributed by atoms with Crippen LogP contribution in [0.3, 0.4) is 0 Å². The summed E-state index contributed by atoms with van der Waals surface area (Å²) in [5, 5.41) is 1.24. The van der Waals surface area contributed by atoms with E-state index in [1.807, 2.05) is 0 Å². The lowest BCUT2D eigenvalue weighted by Crippen LogP contribution is -2.26. The van der Waals surface area contributed by atoms with E-state index in [0.29, 0.717) is 16.9 Å². The maximum absolute atomic E-state index is 12.3. The van der Waals surface area contributed by atoms with Crippen molar-refractivity contribution in [2.45, 2.75) is 6.54 Å². The Hall–Kier alpha value is -2.08. The zero-order valence-corrected chi connectivity index (χ0v) is 11.5. The summed E-state index contributed by atoms with van der Waals surface area (Å²) in [4.78, 5) is 12.6. The van der Waals surface area contributed by atoms with Crippen LogP contribution in [-0.4, -0.2) is 23.8 Å². The number of pyridine rings is 1. The maximum atomic E-state index is 12.3. The van der Waals surface area contributed by atoms with Gasteiger partial charge in [-0.25, -0.2) is 0 Å². The second-order valence-corrected chi connectivity index (χ2v) is 4.53. The molecule has 2 N–H and O–H groups in total. The molecule has 1 aromatic heterocycles. The predicted octanol–water partition coefficient (Wildman–Crippen LogP) is 1.30. The molecular formula is C13H14N2O3S. The molecule has 100 valence electrons. The van der Waals surface area contributed by atoms with Crippen LogP contribution in [-0.2, 0) is 6.54 Å². The molecule has 2 rings (SSSR count). The van der Waals surface area contributed by atoms with Crippen LogP contribution in [0.15, 0.2) is 29.2 Å². The van der Waals surface area contributed by atoms with Gasteiger partial charge in [0.15, 0.2) is 0 Å². The largest absolute Gasteiger partial charge is 0.497 e. The van der Waals surface area contributed by atoms with Crippen LogP contribution < -0.4 is 20.8 Å². The Morgan fingerprint density at radius 1 is 1.32 bits per heavy atom. The van der Waals surface area contributed by atoms with E-state index in [-0.39, 0.29) is 17.1 Å². The van der Waals surface area contributed by atoms with E-state index < -0.39 is 0 Å². The van der Waals surface area contributed by atoms with Crippen molar-refractivity contribution in [2.24, 2.45) is 5.73 Å². The second-order valence-electron chi connectivity index (χ2n) is 4.01. The van der Waals surface area contributed by atoms with Gasteiger partial charge in [-0.05, 0) is 12.1 Å². The Bertz CT molecular complexity index is 694. The summed E-state index contributed by atoms with van der Waals surface area (Å²) in [6.07, 6.45) is 1.65. The van der Waals surface area contributed by atoms with Crippen molar-refractivity contribution in [3.63, 3.8) is 0 Å². The molecule has 19 heavy (non-hydrogen) atoms. The number of rotatable bonds is 4. The van der Waals surface area contributed by atoms with Crippen molar-refractivity contribution >= 4 is 28.0 Å². The number of aromatic nitrogens is 1. The molecule has 0 bridgehead atoms. The first-order valence-electron chi connectivity index (χ1n) is 5.60. The first kappa shape index (κ1) is 13.4. The number of fused-ring (bicyclic) bond motifs is 1. The Balaban J connectivity index is 2.73. The first-order valence-corrected chi connectivity index (χ1v) is 6.01. The summed E-state index contributed by atoms with van der Waals surface area (Å²) in [5.41, 5.74) is 5.29. The van der Waals surface area contributed by atoms with Crippen molar-refractivity contribution in [2.75, 3.05) is 14.2 Å². The molecule has 0 radical (unpaired) electrons. The number of thiocarbonyl (C=S) groups is 1. The van der Waals surface area contributed by atoms with Crippen LogP contribution >= 0.6 is 12.2 Å². The Morgan fingerprint density at radius 2 is 2.05 bits per heavy atom.